The van der Waals surface area contributed by atoms with Crippen LogP contribution in [0.4, 0.5) is 9.93 Å². The van der Waals surface area contributed by atoms with Gasteiger partial charge in [0.1, 0.15) is 0 Å². The van der Waals surface area contributed by atoms with E-state index in [1.165, 1.54) is 11.3 Å². The molecule has 0 aliphatic rings. The summed E-state index contributed by atoms with van der Waals surface area (Å²) in [7, 11) is 1.75. The van der Waals surface area contributed by atoms with Crippen LogP contribution in [0, 0.1) is 6.92 Å². The third-order valence-corrected chi connectivity index (χ3v) is 2.48. The first-order valence-electron chi connectivity index (χ1n) is 4.08. The number of rotatable bonds is 2. The molecule has 4 nitrogen and oxygen atoms in total. The van der Waals surface area contributed by atoms with E-state index in [0.29, 0.717) is 11.7 Å². The molecule has 1 N–H and O–H groups in total. The molecule has 0 aliphatic carbocycles. The van der Waals surface area contributed by atoms with Crippen molar-refractivity contribution in [3.63, 3.8) is 0 Å². The summed E-state index contributed by atoms with van der Waals surface area (Å²) >= 11 is 1.47. The van der Waals surface area contributed by atoms with Crippen LogP contribution in [0.3, 0.4) is 0 Å². The second-order valence-electron chi connectivity index (χ2n) is 2.72. The quantitative estimate of drug-likeness (QED) is 0.791. The van der Waals surface area contributed by atoms with Crippen LogP contribution in [-0.2, 0) is 0 Å². The fourth-order valence-electron chi connectivity index (χ4n) is 0.743. The lowest BCUT2D eigenvalue weighted by atomic mass is 10.6. The number of nitrogens with one attached hydrogen (secondary N) is 1. The maximum atomic E-state index is 11.3. The largest absolute Gasteiger partial charge is 0.328 e. The zero-order chi connectivity index (χ0) is 9.84. The number of carbonyl (C=O) groups excluding carboxylic acids is 1. The van der Waals surface area contributed by atoms with Gasteiger partial charge in [0.2, 0.25) is 0 Å². The van der Waals surface area contributed by atoms with E-state index >= 15 is 0 Å². The maximum absolute atomic E-state index is 11.3. The van der Waals surface area contributed by atoms with Gasteiger partial charge in [-0.15, -0.1) is 11.3 Å². The monoisotopic (exact) mass is 199 g/mol. The molecule has 0 unspecified atom stereocenters. The molecule has 0 spiro atoms. The van der Waals surface area contributed by atoms with Crippen LogP contribution >= 0.6 is 11.3 Å². The summed E-state index contributed by atoms with van der Waals surface area (Å²) in [5.41, 5.74) is 0. The molecule has 72 valence electrons. The van der Waals surface area contributed by atoms with Gasteiger partial charge in [0.15, 0.2) is 5.13 Å². The average Bonchev–Trinajstić information content (AvgIpc) is 2.49. The molecule has 1 heterocycles. The Bertz CT molecular complexity index is 297. The minimum Gasteiger partial charge on any atom is -0.328 e. The lowest BCUT2D eigenvalue weighted by Crippen LogP contribution is -2.30. The van der Waals surface area contributed by atoms with E-state index < -0.39 is 0 Å². The van der Waals surface area contributed by atoms with E-state index in [2.05, 4.69) is 10.3 Å². The third-order valence-electron chi connectivity index (χ3n) is 1.66. The van der Waals surface area contributed by atoms with Crippen LogP contribution < -0.4 is 5.32 Å². The number of aromatic nitrogens is 1. The van der Waals surface area contributed by atoms with Gasteiger partial charge in [-0.25, -0.2) is 9.78 Å². The fourth-order valence-corrected chi connectivity index (χ4v) is 1.40. The predicted molar refractivity (Wildman–Crippen MR) is 54.2 cm³/mol. The highest BCUT2D eigenvalue weighted by atomic mass is 32.1. The number of thiazole rings is 1. The molecule has 0 radical (unpaired) electrons. The van der Waals surface area contributed by atoms with Crippen molar-refractivity contribution in [2.75, 3.05) is 18.9 Å². The molecule has 1 rings (SSSR count). The molecular formula is C8H13N3OS. The second kappa shape index (κ2) is 4.23. The molecular weight excluding hydrogens is 186 g/mol. The SMILES string of the molecule is CCN(C)C(=O)Nc1ncc(C)s1. The van der Waals surface area contributed by atoms with Crippen molar-refractivity contribution in [3.8, 4) is 0 Å². The third kappa shape index (κ3) is 2.69. The topological polar surface area (TPSA) is 45.2 Å². The highest BCUT2D eigenvalue weighted by Crippen LogP contribution is 2.16. The normalized spacial score (nSPS) is 9.77. The molecule has 1 aromatic heterocycles. The molecule has 0 saturated carbocycles. The van der Waals surface area contributed by atoms with Gasteiger partial charge in [-0.3, -0.25) is 5.32 Å². The molecule has 13 heavy (non-hydrogen) atoms. The van der Waals surface area contributed by atoms with Crippen molar-refractivity contribution in [2.45, 2.75) is 13.8 Å². The number of carbonyl (C=O) groups is 1. The van der Waals surface area contributed by atoms with Crippen molar-refractivity contribution in [2.24, 2.45) is 0 Å². The predicted octanol–water partition coefficient (Wildman–Crippen LogP) is 1.94. The average molecular weight is 199 g/mol. The first kappa shape index (κ1) is 9.98. The van der Waals surface area contributed by atoms with Crippen LogP contribution in [0.25, 0.3) is 0 Å². The van der Waals surface area contributed by atoms with Gasteiger partial charge in [-0.2, -0.15) is 0 Å². The number of hydrogen-bond donors (Lipinski definition) is 1. The zero-order valence-electron chi connectivity index (χ0n) is 8.00. The molecule has 0 aliphatic heterocycles. The van der Waals surface area contributed by atoms with Crippen molar-refractivity contribution < 1.29 is 4.79 Å². The van der Waals surface area contributed by atoms with E-state index in [1.54, 1.807) is 18.1 Å². The Morgan fingerprint density at radius 1 is 1.77 bits per heavy atom. The second-order valence-corrected chi connectivity index (χ2v) is 3.96. The maximum Gasteiger partial charge on any atom is 0.323 e. The number of aryl methyl sites for hydroxylation is 1. The van der Waals surface area contributed by atoms with Crippen LogP contribution in [0.1, 0.15) is 11.8 Å². The van der Waals surface area contributed by atoms with E-state index in [4.69, 9.17) is 0 Å². The van der Waals surface area contributed by atoms with Gasteiger partial charge in [-0.1, -0.05) is 0 Å². The van der Waals surface area contributed by atoms with Crippen LogP contribution in [-0.4, -0.2) is 29.5 Å². The Morgan fingerprint density at radius 2 is 2.46 bits per heavy atom. The standard InChI is InChI=1S/C8H13N3OS/c1-4-11(3)8(12)10-7-9-5-6(2)13-7/h5H,4H2,1-3H3,(H,9,10,12). The molecule has 0 bridgehead atoms. The molecule has 2 amide bonds. The lowest BCUT2D eigenvalue weighted by molar-refractivity contribution is 0.224. The molecule has 0 saturated heterocycles. The van der Waals surface area contributed by atoms with Gasteiger partial charge in [-0.05, 0) is 13.8 Å². The summed E-state index contributed by atoms with van der Waals surface area (Å²) in [6.45, 7) is 4.57. The first-order valence-corrected chi connectivity index (χ1v) is 4.89. The molecule has 0 atom stereocenters. The highest BCUT2D eigenvalue weighted by Gasteiger charge is 2.07. The van der Waals surface area contributed by atoms with Crippen LogP contribution in [0.2, 0.25) is 0 Å². The van der Waals surface area contributed by atoms with Crippen molar-refractivity contribution in [3.05, 3.63) is 11.1 Å². The summed E-state index contributed by atoms with van der Waals surface area (Å²) in [6.07, 6.45) is 1.74. The number of urea groups is 1. The van der Waals surface area contributed by atoms with Crippen molar-refractivity contribution in [1.29, 1.82) is 0 Å². The number of nitrogens with zero attached hydrogens (tertiary/aromatic N) is 2. The Kier molecular flexibility index (Phi) is 3.25. The summed E-state index contributed by atoms with van der Waals surface area (Å²) in [5.74, 6) is 0. The van der Waals surface area contributed by atoms with Crippen molar-refractivity contribution in [1.82, 2.24) is 9.88 Å². The molecule has 5 heteroatoms. The Labute approximate surface area is 81.6 Å². The fraction of sp³-hybridized carbons (Fsp3) is 0.500. The summed E-state index contributed by atoms with van der Waals surface area (Å²) in [4.78, 5) is 18.1. The van der Waals surface area contributed by atoms with Gasteiger partial charge < -0.3 is 4.90 Å². The number of hydrogen-bond acceptors (Lipinski definition) is 3. The van der Waals surface area contributed by atoms with E-state index in [1.807, 2.05) is 13.8 Å². The minimum atomic E-state index is -0.114. The van der Waals surface area contributed by atoms with Gasteiger partial charge in [0, 0.05) is 24.7 Å². The zero-order valence-corrected chi connectivity index (χ0v) is 8.81. The van der Waals surface area contributed by atoms with Gasteiger partial charge >= 0.3 is 6.03 Å². The van der Waals surface area contributed by atoms with E-state index in [0.717, 1.165) is 4.88 Å². The molecule has 0 aromatic carbocycles. The van der Waals surface area contributed by atoms with Gasteiger partial charge in [0.05, 0.1) is 0 Å². The molecule has 0 fully saturated rings. The van der Waals surface area contributed by atoms with Crippen molar-refractivity contribution >= 4 is 22.5 Å². The van der Waals surface area contributed by atoms with Crippen LogP contribution in [0.5, 0.6) is 0 Å². The minimum absolute atomic E-state index is 0.114. The Hall–Kier alpha value is -1.10. The van der Waals surface area contributed by atoms with Gasteiger partial charge in [0.25, 0.3) is 0 Å². The number of anilines is 1. The first-order chi connectivity index (χ1) is 6.13. The highest BCUT2D eigenvalue weighted by molar-refractivity contribution is 7.15. The Balaban J connectivity index is 2.54. The lowest BCUT2D eigenvalue weighted by Gasteiger charge is -2.13. The summed E-state index contributed by atoms with van der Waals surface area (Å²) in [6, 6.07) is -0.114. The van der Waals surface area contributed by atoms with E-state index in [-0.39, 0.29) is 6.03 Å². The number of amides is 2. The van der Waals surface area contributed by atoms with Crippen LogP contribution in [0.15, 0.2) is 6.20 Å². The molecule has 1 aromatic rings. The smallest absolute Gasteiger partial charge is 0.323 e. The van der Waals surface area contributed by atoms with E-state index in [9.17, 15) is 4.79 Å². The summed E-state index contributed by atoms with van der Waals surface area (Å²) < 4.78 is 0. The summed E-state index contributed by atoms with van der Waals surface area (Å²) in [5, 5.41) is 3.36. The Morgan fingerprint density at radius 3 is 2.92 bits per heavy atom.